The second-order valence-corrected chi connectivity index (χ2v) is 3.62. The fourth-order valence-corrected chi connectivity index (χ4v) is 1.79. The molecule has 0 atom stereocenters. The lowest BCUT2D eigenvalue weighted by Crippen LogP contribution is -2.24. The fourth-order valence-electron chi connectivity index (χ4n) is 1.79. The molecule has 2 rings (SSSR count). The number of hydrogen-bond acceptors (Lipinski definition) is 2. The standard InChI is InChI=1S/C11H11NO2/c1-6-4-5-7(2)9-8(6)10(13)12(3)11(9)14/h4-5H,1-3H3. The van der Waals surface area contributed by atoms with Crippen LogP contribution in [0.4, 0.5) is 0 Å². The Morgan fingerprint density at radius 3 is 1.64 bits per heavy atom. The third-order valence-corrected chi connectivity index (χ3v) is 2.66. The van der Waals surface area contributed by atoms with Crippen molar-refractivity contribution in [1.29, 1.82) is 0 Å². The fraction of sp³-hybridized carbons (Fsp3) is 0.273. The molecule has 0 N–H and O–H groups in total. The number of carbonyl (C=O) groups excluding carboxylic acids is 2. The van der Waals surface area contributed by atoms with Gasteiger partial charge in [0.05, 0.1) is 11.1 Å². The molecule has 0 saturated carbocycles. The van der Waals surface area contributed by atoms with E-state index in [1.54, 1.807) is 0 Å². The lowest BCUT2D eigenvalue weighted by atomic mass is 9.99. The van der Waals surface area contributed by atoms with Crippen LogP contribution in [-0.4, -0.2) is 23.8 Å². The zero-order valence-corrected chi connectivity index (χ0v) is 8.42. The molecule has 0 radical (unpaired) electrons. The van der Waals surface area contributed by atoms with E-state index in [-0.39, 0.29) is 11.8 Å². The van der Waals surface area contributed by atoms with Crippen molar-refractivity contribution in [2.24, 2.45) is 0 Å². The van der Waals surface area contributed by atoms with Crippen molar-refractivity contribution in [3.8, 4) is 0 Å². The van der Waals surface area contributed by atoms with Crippen LogP contribution in [0.3, 0.4) is 0 Å². The lowest BCUT2D eigenvalue weighted by Gasteiger charge is -2.03. The molecule has 0 aliphatic carbocycles. The maximum atomic E-state index is 11.7. The van der Waals surface area contributed by atoms with Crippen molar-refractivity contribution in [1.82, 2.24) is 4.90 Å². The van der Waals surface area contributed by atoms with Crippen LogP contribution in [0.5, 0.6) is 0 Å². The van der Waals surface area contributed by atoms with Crippen LogP contribution in [0, 0.1) is 13.8 Å². The average molecular weight is 189 g/mol. The minimum Gasteiger partial charge on any atom is -0.277 e. The molecule has 1 aliphatic rings. The second-order valence-electron chi connectivity index (χ2n) is 3.62. The summed E-state index contributed by atoms with van der Waals surface area (Å²) in [4.78, 5) is 24.5. The van der Waals surface area contributed by atoms with Gasteiger partial charge in [-0.1, -0.05) is 12.1 Å². The van der Waals surface area contributed by atoms with Gasteiger partial charge in [-0.2, -0.15) is 0 Å². The monoisotopic (exact) mass is 189 g/mol. The SMILES string of the molecule is Cc1ccc(C)c2c1C(=O)N(C)C2=O. The number of rotatable bonds is 0. The number of aryl methyl sites for hydroxylation is 2. The molecule has 1 aliphatic heterocycles. The van der Waals surface area contributed by atoms with Crippen LogP contribution >= 0.6 is 0 Å². The molecule has 3 nitrogen and oxygen atoms in total. The first kappa shape index (κ1) is 8.94. The first-order chi connectivity index (χ1) is 6.54. The molecule has 0 spiro atoms. The Hall–Kier alpha value is -1.64. The van der Waals surface area contributed by atoms with Crippen LogP contribution in [-0.2, 0) is 0 Å². The minimum absolute atomic E-state index is 0.189. The molecule has 1 aromatic rings. The molecule has 0 saturated heterocycles. The van der Waals surface area contributed by atoms with E-state index in [1.165, 1.54) is 11.9 Å². The highest BCUT2D eigenvalue weighted by Gasteiger charge is 2.35. The number of hydrogen-bond donors (Lipinski definition) is 0. The molecule has 0 bridgehead atoms. The smallest absolute Gasteiger partial charge is 0.261 e. The Kier molecular flexibility index (Phi) is 1.71. The summed E-state index contributed by atoms with van der Waals surface area (Å²) in [5.74, 6) is -0.377. The first-order valence-corrected chi connectivity index (χ1v) is 4.46. The molecule has 72 valence electrons. The molecule has 14 heavy (non-hydrogen) atoms. The number of carbonyl (C=O) groups is 2. The number of amides is 2. The van der Waals surface area contributed by atoms with E-state index in [0.717, 1.165) is 11.1 Å². The predicted octanol–water partition coefficient (Wildman–Crippen LogP) is 1.53. The summed E-state index contributed by atoms with van der Waals surface area (Å²) in [5, 5.41) is 0. The molecular weight excluding hydrogens is 178 g/mol. The van der Waals surface area contributed by atoms with E-state index in [0.29, 0.717) is 11.1 Å². The summed E-state index contributed by atoms with van der Waals surface area (Å²) in [6.45, 7) is 3.70. The maximum Gasteiger partial charge on any atom is 0.261 e. The number of fused-ring (bicyclic) bond motifs is 1. The Bertz CT molecular complexity index is 408. The van der Waals surface area contributed by atoms with Crippen LogP contribution in [0.1, 0.15) is 31.8 Å². The molecule has 0 aromatic heterocycles. The lowest BCUT2D eigenvalue weighted by molar-refractivity contribution is 0.0693. The normalized spacial score (nSPS) is 14.9. The highest BCUT2D eigenvalue weighted by atomic mass is 16.2. The van der Waals surface area contributed by atoms with Gasteiger partial charge in [-0.3, -0.25) is 14.5 Å². The summed E-state index contributed by atoms with van der Waals surface area (Å²) in [7, 11) is 1.52. The molecular formula is C11H11NO2. The summed E-state index contributed by atoms with van der Waals surface area (Å²) in [6, 6.07) is 3.75. The van der Waals surface area contributed by atoms with Gasteiger partial charge in [0.15, 0.2) is 0 Å². The largest absolute Gasteiger partial charge is 0.277 e. The average Bonchev–Trinajstić information content (AvgIpc) is 2.38. The van der Waals surface area contributed by atoms with Crippen molar-refractivity contribution in [3.63, 3.8) is 0 Å². The van der Waals surface area contributed by atoms with E-state index >= 15 is 0 Å². The summed E-state index contributed by atoms with van der Waals surface area (Å²) in [6.07, 6.45) is 0. The van der Waals surface area contributed by atoms with Gasteiger partial charge in [0.2, 0.25) is 0 Å². The molecule has 0 fully saturated rings. The van der Waals surface area contributed by atoms with Gasteiger partial charge in [0.25, 0.3) is 11.8 Å². The molecule has 1 aromatic carbocycles. The van der Waals surface area contributed by atoms with E-state index in [9.17, 15) is 9.59 Å². The maximum absolute atomic E-state index is 11.7. The Morgan fingerprint density at radius 1 is 0.929 bits per heavy atom. The summed E-state index contributed by atoms with van der Waals surface area (Å²) < 4.78 is 0. The molecule has 3 heteroatoms. The molecule has 1 heterocycles. The highest BCUT2D eigenvalue weighted by Crippen LogP contribution is 2.27. The van der Waals surface area contributed by atoms with Crippen LogP contribution < -0.4 is 0 Å². The number of imide groups is 1. The third kappa shape index (κ3) is 0.923. The minimum atomic E-state index is -0.189. The molecule has 2 amide bonds. The highest BCUT2D eigenvalue weighted by molar-refractivity contribution is 6.22. The van der Waals surface area contributed by atoms with Crippen molar-refractivity contribution in [2.45, 2.75) is 13.8 Å². The zero-order chi connectivity index (χ0) is 10.5. The summed E-state index contributed by atoms with van der Waals surface area (Å²) >= 11 is 0. The Morgan fingerprint density at radius 2 is 1.29 bits per heavy atom. The second kappa shape index (κ2) is 2.67. The van der Waals surface area contributed by atoms with Gasteiger partial charge in [-0.05, 0) is 25.0 Å². The van der Waals surface area contributed by atoms with Gasteiger partial charge >= 0.3 is 0 Å². The van der Waals surface area contributed by atoms with E-state index in [1.807, 2.05) is 26.0 Å². The topological polar surface area (TPSA) is 37.4 Å². The number of benzene rings is 1. The third-order valence-electron chi connectivity index (χ3n) is 2.66. The number of nitrogens with zero attached hydrogens (tertiary/aromatic N) is 1. The van der Waals surface area contributed by atoms with E-state index in [2.05, 4.69) is 0 Å². The Labute approximate surface area is 82.3 Å². The summed E-state index contributed by atoms with van der Waals surface area (Å²) in [5.41, 5.74) is 2.87. The van der Waals surface area contributed by atoms with Crippen LogP contribution in [0.15, 0.2) is 12.1 Å². The van der Waals surface area contributed by atoms with Crippen molar-refractivity contribution >= 4 is 11.8 Å². The quantitative estimate of drug-likeness (QED) is 0.580. The Balaban J connectivity index is 2.80. The van der Waals surface area contributed by atoms with Crippen LogP contribution in [0.2, 0.25) is 0 Å². The van der Waals surface area contributed by atoms with Gasteiger partial charge < -0.3 is 0 Å². The zero-order valence-electron chi connectivity index (χ0n) is 8.42. The van der Waals surface area contributed by atoms with Crippen molar-refractivity contribution < 1.29 is 9.59 Å². The first-order valence-electron chi connectivity index (χ1n) is 4.46. The van der Waals surface area contributed by atoms with Gasteiger partial charge in [-0.25, -0.2) is 0 Å². The van der Waals surface area contributed by atoms with Crippen molar-refractivity contribution in [2.75, 3.05) is 7.05 Å². The van der Waals surface area contributed by atoms with Crippen molar-refractivity contribution in [3.05, 3.63) is 34.4 Å². The predicted molar refractivity (Wildman–Crippen MR) is 52.3 cm³/mol. The van der Waals surface area contributed by atoms with E-state index < -0.39 is 0 Å². The van der Waals surface area contributed by atoms with Crippen LogP contribution in [0.25, 0.3) is 0 Å². The van der Waals surface area contributed by atoms with Gasteiger partial charge in [0.1, 0.15) is 0 Å². The van der Waals surface area contributed by atoms with Gasteiger partial charge in [-0.15, -0.1) is 0 Å². The molecule has 0 unspecified atom stereocenters. The van der Waals surface area contributed by atoms with Gasteiger partial charge in [0, 0.05) is 7.05 Å². The van der Waals surface area contributed by atoms with E-state index in [4.69, 9.17) is 0 Å².